The number of hydrogen-bond donors (Lipinski definition) is 0. The van der Waals surface area contributed by atoms with Crippen LogP contribution in [-0.2, 0) is 20.7 Å². The minimum Gasteiger partial charge on any atom is -0.466 e. The maximum absolute atomic E-state index is 11.8. The average molecular weight is 252 g/mol. The summed E-state index contributed by atoms with van der Waals surface area (Å²) in [4.78, 5) is 23.2. The van der Waals surface area contributed by atoms with Crippen molar-refractivity contribution in [3.8, 4) is 0 Å². The van der Waals surface area contributed by atoms with Crippen LogP contribution in [0.2, 0.25) is 0 Å². The topological polar surface area (TPSA) is 43.4 Å². The Labute approximate surface area is 105 Å². The zero-order chi connectivity index (χ0) is 12.3. The molecule has 92 valence electrons. The summed E-state index contributed by atoms with van der Waals surface area (Å²) in [7, 11) is 0. The number of esters is 1. The van der Waals surface area contributed by atoms with Crippen LogP contribution in [0.25, 0.3) is 0 Å². The fourth-order valence-corrected chi connectivity index (χ4v) is 2.65. The van der Waals surface area contributed by atoms with Crippen molar-refractivity contribution in [1.82, 2.24) is 0 Å². The van der Waals surface area contributed by atoms with E-state index < -0.39 is 0 Å². The first-order valence-electron chi connectivity index (χ1n) is 5.92. The number of carbonyl (C=O) groups is 2. The van der Waals surface area contributed by atoms with Crippen LogP contribution in [0, 0.1) is 11.8 Å². The summed E-state index contributed by atoms with van der Waals surface area (Å²) >= 11 is 1.64. The zero-order valence-corrected chi connectivity index (χ0v) is 10.7. The molecular weight excluding hydrogens is 236 g/mol. The lowest BCUT2D eigenvalue weighted by Gasteiger charge is -2.00. The Morgan fingerprint density at radius 3 is 2.94 bits per heavy atom. The number of aryl methyl sites for hydroxylation is 1. The molecule has 0 aromatic carbocycles. The van der Waals surface area contributed by atoms with E-state index in [1.54, 1.807) is 18.3 Å². The van der Waals surface area contributed by atoms with E-state index in [1.807, 2.05) is 11.4 Å². The molecule has 4 heteroatoms. The number of Topliss-reactive ketones (excluding diaryl/α,β-unsaturated/α-hetero) is 1. The highest BCUT2D eigenvalue weighted by molar-refractivity contribution is 7.07. The van der Waals surface area contributed by atoms with Crippen LogP contribution in [0.5, 0.6) is 0 Å². The van der Waals surface area contributed by atoms with Gasteiger partial charge < -0.3 is 4.74 Å². The quantitative estimate of drug-likeness (QED) is 0.730. The predicted octanol–water partition coefficient (Wildman–Crippen LogP) is 2.45. The van der Waals surface area contributed by atoms with Gasteiger partial charge in [-0.2, -0.15) is 11.3 Å². The highest BCUT2D eigenvalue weighted by atomic mass is 32.1. The maximum atomic E-state index is 11.8. The summed E-state index contributed by atoms with van der Waals surface area (Å²) in [5.41, 5.74) is 1.21. The Morgan fingerprint density at radius 1 is 1.47 bits per heavy atom. The molecular formula is C13H16O3S. The Balaban J connectivity index is 1.74. The van der Waals surface area contributed by atoms with Gasteiger partial charge in [-0.3, -0.25) is 9.59 Å². The molecule has 2 atom stereocenters. The summed E-state index contributed by atoms with van der Waals surface area (Å²) in [5, 5.41) is 4.07. The van der Waals surface area contributed by atoms with Crippen molar-refractivity contribution in [2.24, 2.45) is 11.8 Å². The van der Waals surface area contributed by atoms with Crippen LogP contribution in [-0.4, -0.2) is 18.4 Å². The van der Waals surface area contributed by atoms with E-state index in [0.717, 1.165) is 6.42 Å². The van der Waals surface area contributed by atoms with E-state index in [-0.39, 0.29) is 23.6 Å². The molecule has 1 fully saturated rings. The van der Waals surface area contributed by atoms with Crippen LogP contribution >= 0.6 is 11.3 Å². The lowest BCUT2D eigenvalue weighted by Crippen LogP contribution is -2.12. The summed E-state index contributed by atoms with van der Waals surface area (Å²) in [5.74, 6) is -0.242. The predicted molar refractivity (Wildman–Crippen MR) is 65.9 cm³/mol. The van der Waals surface area contributed by atoms with Crippen molar-refractivity contribution >= 4 is 23.1 Å². The Morgan fingerprint density at radius 2 is 2.29 bits per heavy atom. The molecule has 1 saturated carbocycles. The lowest BCUT2D eigenvalue weighted by atomic mass is 10.1. The lowest BCUT2D eigenvalue weighted by molar-refractivity contribution is -0.145. The summed E-state index contributed by atoms with van der Waals surface area (Å²) in [6, 6.07) is 2.04. The highest BCUT2D eigenvalue weighted by Gasteiger charge is 2.48. The van der Waals surface area contributed by atoms with Crippen LogP contribution < -0.4 is 0 Å². The molecule has 1 heterocycles. The van der Waals surface area contributed by atoms with Gasteiger partial charge >= 0.3 is 5.97 Å². The minimum absolute atomic E-state index is 0.0762. The summed E-state index contributed by atoms with van der Waals surface area (Å²) < 4.78 is 4.91. The van der Waals surface area contributed by atoms with Crippen LogP contribution in [0.3, 0.4) is 0 Å². The van der Waals surface area contributed by atoms with Crippen molar-refractivity contribution in [1.29, 1.82) is 0 Å². The third kappa shape index (κ3) is 3.16. The fourth-order valence-electron chi connectivity index (χ4n) is 1.95. The third-order valence-electron chi connectivity index (χ3n) is 3.03. The van der Waals surface area contributed by atoms with Gasteiger partial charge in [0.05, 0.1) is 12.5 Å². The second kappa shape index (κ2) is 5.45. The molecule has 1 aliphatic rings. The van der Waals surface area contributed by atoms with Gasteiger partial charge in [0, 0.05) is 12.3 Å². The van der Waals surface area contributed by atoms with Crippen molar-refractivity contribution < 1.29 is 14.3 Å². The smallest absolute Gasteiger partial charge is 0.309 e. The average Bonchev–Trinajstić information content (AvgIpc) is 2.96. The molecule has 2 rings (SSSR count). The first kappa shape index (κ1) is 12.3. The van der Waals surface area contributed by atoms with Gasteiger partial charge in [0.25, 0.3) is 0 Å². The van der Waals surface area contributed by atoms with Gasteiger partial charge in [0.1, 0.15) is 5.78 Å². The number of carbonyl (C=O) groups excluding carboxylic acids is 2. The maximum Gasteiger partial charge on any atom is 0.309 e. The molecule has 1 aromatic heterocycles. The molecule has 17 heavy (non-hydrogen) atoms. The van der Waals surface area contributed by atoms with Gasteiger partial charge in [0.2, 0.25) is 0 Å². The molecule has 0 bridgehead atoms. The molecule has 1 aromatic rings. The molecule has 0 unspecified atom stereocenters. The summed E-state index contributed by atoms with van der Waals surface area (Å²) in [6.07, 6.45) is 2.01. The SMILES string of the molecule is CCOC(=O)[C@H]1C[C@@H]1C(=O)CCc1ccsc1. The van der Waals surface area contributed by atoms with E-state index in [4.69, 9.17) is 4.74 Å². The molecule has 0 amide bonds. The van der Waals surface area contributed by atoms with E-state index >= 15 is 0 Å². The second-order valence-corrected chi connectivity index (χ2v) is 5.08. The Kier molecular flexibility index (Phi) is 3.94. The van der Waals surface area contributed by atoms with Crippen molar-refractivity contribution in [3.05, 3.63) is 22.4 Å². The summed E-state index contributed by atoms with van der Waals surface area (Å²) in [6.45, 7) is 2.18. The number of ether oxygens (including phenoxy) is 1. The highest BCUT2D eigenvalue weighted by Crippen LogP contribution is 2.41. The van der Waals surface area contributed by atoms with Crippen molar-refractivity contribution in [3.63, 3.8) is 0 Å². The first-order chi connectivity index (χ1) is 8.22. The number of ketones is 1. The third-order valence-corrected chi connectivity index (χ3v) is 3.77. The fraction of sp³-hybridized carbons (Fsp3) is 0.538. The molecule has 0 spiro atoms. The monoisotopic (exact) mass is 252 g/mol. The second-order valence-electron chi connectivity index (χ2n) is 4.30. The van der Waals surface area contributed by atoms with Crippen molar-refractivity contribution in [2.45, 2.75) is 26.2 Å². The van der Waals surface area contributed by atoms with Gasteiger partial charge in [-0.05, 0) is 42.2 Å². The van der Waals surface area contributed by atoms with Crippen LogP contribution in [0.1, 0.15) is 25.3 Å². The molecule has 0 aliphatic heterocycles. The van der Waals surface area contributed by atoms with E-state index in [1.165, 1.54) is 5.56 Å². The van der Waals surface area contributed by atoms with E-state index in [2.05, 4.69) is 5.38 Å². The molecule has 0 radical (unpaired) electrons. The molecule has 0 N–H and O–H groups in total. The van der Waals surface area contributed by atoms with E-state index in [9.17, 15) is 9.59 Å². The van der Waals surface area contributed by atoms with Gasteiger partial charge in [-0.25, -0.2) is 0 Å². The van der Waals surface area contributed by atoms with Gasteiger partial charge in [0.15, 0.2) is 0 Å². The van der Waals surface area contributed by atoms with Crippen LogP contribution in [0.15, 0.2) is 16.8 Å². The Hall–Kier alpha value is -1.16. The normalized spacial score (nSPS) is 22.2. The zero-order valence-electron chi connectivity index (χ0n) is 9.85. The molecule has 1 aliphatic carbocycles. The molecule has 3 nitrogen and oxygen atoms in total. The van der Waals surface area contributed by atoms with Gasteiger partial charge in [-0.1, -0.05) is 0 Å². The number of rotatable bonds is 6. The largest absolute Gasteiger partial charge is 0.466 e. The molecule has 0 saturated heterocycles. The standard InChI is InChI=1S/C13H16O3S/c1-2-16-13(15)11-7-10(11)12(14)4-3-9-5-6-17-8-9/h5-6,8,10-11H,2-4,7H2,1H3/t10-,11-/m0/s1. The first-order valence-corrected chi connectivity index (χ1v) is 6.87. The van der Waals surface area contributed by atoms with E-state index in [0.29, 0.717) is 19.4 Å². The minimum atomic E-state index is -0.207. The number of thiophene rings is 1. The van der Waals surface area contributed by atoms with Crippen LogP contribution in [0.4, 0.5) is 0 Å². The van der Waals surface area contributed by atoms with Gasteiger partial charge in [-0.15, -0.1) is 0 Å². The Bertz CT molecular complexity index is 397. The number of hydrogen-bond acceptors (Lipinski definition) is 4. The van der Waals surface area contributed by atoms with Crippen molar-refractivity contribution in [2.75, 3.05) is 6.61 Å².